The molecule has 7 heteroatoms. The quantitative estimate of drug-likeness (QED) is 0.555. The number of carbonyl (C=O) groups excluding carboxylic acids is 1. The van der Waals surface area contributed by atoms with Crippen molar-refractivity contribution >= 4 is 5.91 Å². The van der Waals surface area contributed by atoms with Crippen molar-refractivity contribution < 1.29 is 9.32 Å². The molecule has 3 aromatic rings. The third kappa shape index (κ3) is 5.58. The van der Waals surface area contributed by atoms with Crippen molar-refractivity contribution in [1.82, 2.24) is 25.4 Å². The predicted octanol–water partition coefficient (Wildman–Crippen LogP) is 4.67. The zero-order valence-corrected chi connectivity index (χ0v) is 18.8. The van der Waals surface area contributed by atoms with Crippen LogP contribution in [-0.2, 0) is 11.2 Å². The molecular weight excluding hydrogens is 402 g/mol. The van der Waals surface area contributed by atoms with E-state index in [4.69, 9.17) is 9.51 Å². The topological polar surface area (TPSA) is 93.8 Å². The lowest BCUT2D eigenvalue weighted by molar-refractivity contribution is -0.121. The summed E-state index contributed by atoms with van der Waals surface area (Å²) in [6, 6.07) is 7.75. The monoisotopic (exact) mass is 433 g/mol. The Labute approximate surface area is 189 Å². The van der Waals surface area contributed by atoms with Gasteiger partial charge in [-0.05, 0) is 43.7 Å². The summed E-state index contributed by atoms with van der Waals surface area (Å²) in [5.41, 5.74) is 3.09. The zero-order valence-electron chi connectivity index (χ0n) is 18.8. The van der Waals surface area contributed by atoms with Crippen LogP contribution in [-0.4, -0.2) is 32.6 Å². The van der Waals surface area contributed by atoms with E-state index in [2.05, 4.69) is 34.3 Å². The summed E-state index contributed by atoms with van der Waals surface area (Å²) in [5, 5.41) is 6.77. The third-order valence-electron chi connectivity index (χ3n) is 6.21. The largest absolute Gasteiger partial charge is 0.361 e. The van der Waals surface area contributed by atoms with Gasteiger partial charge in [-0.2, -0.15) is 0 Å². The van der Waals surface area contributed by atoms with E-state index in [-0.39, 0.29) is 11.8 Å². The second-order valence-corrected chi connectivity index (χ2v) is 8.90. The van der Waals surface area contributed by atoms with Crippen LogP contribution in [0.2, 0.25) is 0 Å². The molecule has 7 nitrogen and oxygen atoms in total. The molecule has 1 fully saturated rings. The first-order valence-electron chi connectivity index (χ1n) is 11.5. The lowest BCUT2D eigenvalue weighted by Gasteiger charge is -2.29. The second-order valence-electron chi connectivity index (χ2n) is 8.90. The van der Waals surface area contributed by atoms with Crippen molar-refractivity contribution in [2.45, 2.75) is 64.2 Å². The van der Waals surface area contributed by atoms with Crippen molar-refractivity contribution in [2.24, 2.45) is 5.92 Å². The Bertz CT molecular complexity index is 996. The molecule has 0 aromatic carbocycles. The molecule has 1 aliphatic rings. The standard InChI is InChI=1S/C25H31N5O2/c1-17(2)25-28-16-21(22-5-3-4-13-26-22)24(30-25)19-8-6-18(7-9-19)15-27-23(31)11-10-20-12-14-29-32-20/h3-5,12-14,16-19H,6-11,15H2,1-2H3,(H,27,31). The molecule has 0 atom stereocenters. The van der Waals surface area contributed by atoms with Crippen LogP contribution in [0.1, 0.15) is 75.1 Å². The number of aryl methyl sites for hydroxylation is 1. The SMILES string of the molecule is CC(C)c1ncc(-c2ccccn2)c(C2CCC(CNC(=O)CCc3ccno3)CC2)n1. The number of hydrogen-bond acceptors (Lipinski definition) is 6. The lowest BCUT2D eigenvalue weighted by Crippen LogP contribution is -2.31. The van der Waals surface area contributed by atoms with Crippen LogP contribution in [0.4, 0.5) is 0 Å². The molecular formula is C25H31N5O2. The van der Waals surface area contributed by atoms with Crippen molar-refractivity contribution in [3.63, 3.8) is 0 Å². The average molecular weight is 434 g/mol. The van der Waals surface area contributed by atoms with Gasteiger partial charge in [-0.3, -0.25) is 9.78 Å². The first-order chi connectivity index (χ1) is 15.6. The van der Waals surface area contributed by atoms with Crippen LogP contribution >= 0.6 is 0 Å². The summed E-state index contributed by atoms with van der Waals surface area (Å²) in [6.07, 6.45) is 10.7. The lowest BCUT2D eigenvalue weighted by atomic mass is 9.79. The average Bonchev–Trinajstić information content (AvgIpc) is 3.36. The molecule has 0 spiro atoms. The first kappa shape index (κ1) is 22.1. The molecule has 32 heavy (non-hydrogen) atoms. The highest BCUT2D eigenvalue weighted by Gasteiger charge is 2.27. The van der Waals surface area contributed by atoms with Gasteiger partial charge in [-0.25, -0.2) is 9.97 Å². The van der Waals surface area contributed by atoms with Gasteiger partial charge in [0.1, 0.15) is 11.6 Å². The smallest absolute Gasteiger partial charge is 0.220 e. The number of nitrogens with one attached hydrogen (secondary N) is 1. The predicted molar refractivity (Wildman–Crippen MR) is 122 cm³/mol. The van der Waals surface area contributed by atoms with Gasteiger partial charge in [-0.15, -0.1) is 0 Å². The molecule has 0 saturated heterocycles. The Kier molecular flexibility index (Phi) is 7.24. The van der Waals surface area contributed by atoms with E-state index in [9.17, 15) is 4.79 Å². The van der Waals surface area contributed by atoms with Gasteiger partial charge in [0.05, 0.1) is 17.6 Å². The van der Waals surface area contributed by atoms with E-state index in [1.165, 1.54) is 0 Å². The van der Waals surface area contributed by atoms with E-state index in [1.54, 1.807) is 12.3 Å². The minimum absolute atomic E-state index is 0.0679. The van der Waals surface area contributed by atoms with Gasteiger partial charge in [0.25, 0.3) is 0 Å². The number of amides is 1. The molecule has 1 amide bonds. The zero-order chi connectivity index (χ0) is 22.3. The van der Waals surface area contributed by atoms with Gasteiger partial charge in [-0.1, -0.05) is 25.1 Å². The van der Waals surface area contributed by atoms with E-state index < -0.39 is 0 Å². The van der Waals surface area contributed by atoms with E-state index >= 15 is 0 Å². The summed E-state index contributed by atoms with van der Waals surface area (Å²) in [5.74, 6) is 2.89. The normalized spacial score (nSPS) is 18.6. The minimum atomic E-state index is 0.0679. The highest BCUT2D eigenvalue weighted by molar-refractivity contribution is 5.76. The molecule has 0 unspecified atom stereocenters. The van der Waals surface area contributed by atoms with Crippen LogP contribution in [0.25, 0.3) is 11.3 Å². The summed E-state index contributed by atoms with van der Waals surface area (Å²) in [6.45, 7) is 4.99. The summed E-state index contributed by atoms with van der Waals surface area (Å²) in [4.78, 5) is 26.3. The number of pyridine rings is 1. The Morgan fingerprint density at radius 1 is 1.12 bits per heavy atom. The van der Waals surface area contributed by atoms with Crippen molar-refractivity contribution in [3.05, 3.63) is 60.1 Å². The fourth-order valence-electron chi connectivity index (χ4n) is 4.31. The molecule has 4 rings (SSSR count). The van der Waals surface area contributed by atoms with Crippen molar-refractivity contribution in [2.75, 3.05) is 6.54 Å². The van der Waals surface area contributed by atoms with E-state index in [1.807, 2.05) is 30.6 Å². The van der Waals surface area contributed by atoms with Crippen LogP contribution in [0.3, 0.4) is 0 Å². The molecule has 0 bridgehead atoms. The Balaban J connectivity index is 1.35. The van der Waals surface area contributed by atoms with Gasteiger partial charge in [0.2, 0.25) is 5.91 Å². The third-order valence-corrected chi connectivity index (χ3v) is 6.21. The van der Waals surface area contributed by atoms with Crippen LogP contribution in [0.5, 0.6) is 0 Å². The number of nitrogens with zero attached hydrogens (tertiary/aromatic N) is 4. The Morgan fingerprint density at radius 2 is 1.97 bits per heavy atom. The maximum absolute atomic E-state index is 12.2. The number of hydrogen-bond donors (Lipinski definition) is 1. The fourth-order valence-corrected chi connectivity index (χ4v) is 4.31. The minimum Gasteiger partial charge on any atom is -0.361 e. The summed E-state index contributed by atoms with van der Waals surface area (Å²) >= 11 is 0. The van der Waals surface area contributed by atoms with Crippen LogP contribution in [0, 0.1) is 5.92 Å². The maximum atomic E-state index is 12.2. The number of carbonyl (C=O) groups is 1. The molecule has 0 radical (unpaired) electrons. The second kappa shape index (κ2) is 10.5. The molecule has 3 heterocycles. The van der Waals surface area contributed by atoms with E-state index in [0.717, 1.165) is 60.8 Å². The summed E-state index contributed by atoms with van der Waals surface area (Å²) in [7, 11) is 0. The highest BCUT2D eigenvalue weighted by Crippen LogP contribution is 2.38. The number of rotatable bonds is 8. The molecule has 1 saturated carbocycles. The van der Waals surface area contributed by atoms with Crippen LogP contribution < -0.4 is 5.32 Å². The Morgan fingerprint density at radius 3 is 2.66 bits per heavy atom. The summed E-state index contributed by atoms with van der Waals surface area (Å²) < 4.78 is 5.05. The van der Waals surface area contributed by atoms with Gasteiger partial charge < -0.3 is 9.84 Å². The van der Waals surface area contributed by atoms with Gasteiger partial charge >= 0.3 is 0 Å². The molecule has 3 aromatic heterocycles. The van der Waals surface area contributed by atoms with Gasteiger partial charge in [0, 0.05) is 55.2 Å². The van der Waals surface area contributed by atoms with E-state index in [0.29, 0.717) is 24.7 Å². The molecule has 168 valence electrons. The molecule has 0 aliphatic heterocycles. The van der Waals surface area contributed by atoms with Crippen LogP contribution in [0.15, 0.2) is 47.4 Å². The first-order valence-corrected chi connectivity index (χ1v) is 11.5. The van der Waals surface area contributed by atoms with Gasteiger partial charge in [0.15, 0.2) is 0 Å². The van der Waals surface area contributed by atoms with Crippen molar-refractivity contribution in [3.8, 4) is 11.3 Å². The van der Waals surface area contributed by atoms with Crippen molar-refractivity contribution in [1.29, 1.82) is 0 Å². The maximum Gasteiger partial charge on any atom is 0.220 e. The highest BCUT2D eigenvalue weighted by atomic mass is 16.5. The number of aromatic nitrogens is 4. The molecule has 1 aliphatic carbocycles. The molecule has 1 N–H and O–H groups in total. The Hall–Kier alpha value is -3.09. The fraction of sp³-hybridized carbons (Fsp3) is 0.480.